The summed E-state index contributed by atoms with van der Waals surface area (Å²) in [6, 6.07) is 0. The van der Waals surface area contributed by atoms with Crippen molar-refractivity contribution in [3.05, 3.63) is 21.7 Å². The Hall–Kier alpha value is -0.420. The number of nitro groups is 1. The van der Waals surface area contributed by atoms with Crippen molar-refractivity contribution in [2.75, 3.05) is 0 Å². The lowest BCUT2D eigenvalue weighted by Crippen LogP contribution is -2.12. The van der Waals surface area contributed by atoms with Crippen molar-refractivity contribution in [1.29, 1.82) is 0 Å². The number of thiocarbonyl (C=S) groups is 1. The van der Waals surface area contributed by atoms with E-state index in [0.717, 1.165) is 23.2 Å². The minimum atomic E-state index is -0.462. The van der Waals surface area contributed by atoms with Crippen molar-refractivity contribution in [2.24, 2.45) is 5.92 Å². The summed E-state index contributed by atoms with van der Waals surface area (Å²) in [5.74, 6) is 0.486. The van der Waals surface area contributed by atoms with Crippen LogP contribution in [0.3, 0.4) is 0 Å². The first kappa shape index (κ1) is 11.7. The van der Waals surface area contributed by atoms with E-state index in [1.165, 1.54) is 36.4 Å². The quantitative estimate of drug-likeness (QED) is 0.424. The van der Waals surface area contributed by atoms with E-state index in [4.69, 9.17) is 12.2 Å². The van der Waals surface area contributed by atoms with Crippen molar-refractivity contribution in [3.8, 4) is 0 Å². The molecule has 5 heteroatoms. The Morgan fingerprint density at radius 2 is 2.07 bits per heavy atom. The van der Waals surface area contributed by atoms with Gasteiger partial charge in [0, 0.05) is 11.3 Å². The highest BCUT2D eigenvalue weighted by atomic mass is 32.2. The van der Waals surface area contributed by atoms with Gasteiger partial charge in [0.25, 0.3) is 0 Å². The van der Waals surface area contributed by atoms with Crippen LogP contribution < -0.4 is 0 Å². The fourth-order valence-corrected chi connectivity index (χ4v) is 2.71. The van der Waals surface area contributed by atoms with Crippen LogP contribution in [-0.2, 0) is 0 Å². The Balaban J connectivity index is 2.30. The maximum absolute atomic E-state index is 10.0. The number of rotatable bonds is 3. The molecule has 0 N–H and O–H groups in total. The van der Waals surface area contributed by atoms with E-state index in [1.807, 2.05) is 0 Å². The van der Waals surface area contributed by atoms with Crippen molar-refractivity contribution >= 4 is 28.2 Å². The van der Waals surface area contributed by atoms with Crippen LogP contribution in [0.2, 0.25) is 0 Å². The Bertz CT molecular complexity index is 247. The van der Waals surface area contributed by atoms with Gasteiger partial charge in [-0.25, -0.2) is 0 Å². The van der Waals surface area contributed by atoms with Crippen molar-refractivity contribution in [3.63, 3.8) is 0 Å². The zero-order valence-electron chi connectivity index (χ0n) is 7.85. The van der Waals surface area contributed by atoms with Gasteiger partial charge in [-0.15, -0.1) is 0 Å². The maximum Gasteiger partial charge on any atom is 0.241 e. The molecule has 1 rings (SSSR count). The third-order valence-electron chi connectivity index (χ3n) is 2.31. The maximum atomic E-state index is 10.0. The molecule has 0 aromatic carbocycles. The van der Waals surface area contributed by atoms with E-state index >= 15 is 0 Å². The van der Waals surface area contributed by atoms with Crippen molar-refractivity contribution in [1.82, 2.24) is 0 Å². The van der Waals surface area contributed by atoms with Crippen LogP contribution >= 0.6 is 24.0 Å². The summed E-state index contributed by atoms with van der Waals surface area (Å²) in [7, 11) is 0. The third-order valence-corrected chi connectivity index (χ3v) is 3.75. The molecular weight excluding hydrogens is 218 g/mol. The standard InChI is InChI=1S/C9H13NO2S2/c11-10(12)6-7-14-9(13)8-4-2-1-3-5-8/h6-8H,1-5H2/b7-6-. The van der Waals surface area contributed by atoms with Gasteiger partial charge in [0.15, 0.2) is 0 Å². The molecule has 1 aliphatic carbocycles. The van der Waals surface area contributed by atoms with Crippen molar-refractivity contribution in [2.45, 2.75) is 32.1 Å². The summed E-state index contributed by atoms with van der Waals surface area (Å²) >= 11 is 6.54. The van der Waals surface area contributed by atoms with Crippen LogP contribution in [0, 0.1) is 16.0 Å². The molecule has 1 fully saturated rings. The average Bonchev–Trinajstić information content (AvgIpc) is 2.18. The van der Waals surface area contributed by atoms with Gasteiger partial charge in [-0.2, -0.15) is 0 Å². The summed E-state index contributed by atoms with van der Waals surface area (Å²) in [5.41, 5.74) is 0. The smallest absolute Gasteiger partial charge is 0.241 e. The molecule has 78 valence electrons. The molecule has 0 amide bonds. The molecular formula is C9H13NO2S2. The van der Waals surface area contributed by atoms with E-state index in [2.05, 4.69) is 0 Å². The van der Waals surface area contributed by atoms with E-state index in [1.54, 1.807) is 0 Å². The largest absolute Gasteiger partial charge is 0.259 e. The lowest BCUT2D eigenvalue weighted by molar-refractivity contribution is -0.402. The second-order valence-corrected chi connectivity index (χ2v) is 4.99. The fraction of sp³-hybridized carbons (Fsp3) is 0.667. The number of thioether (sulfide) groups is 1. The lowest BCUT2D eigenvalue weighted by Gasteiger charge is -2.20. The van der Waals surface area contributed by atoms with Gasteiger partial charge in [-0.3, -0.25) is 10.1 Å². The normalized spacial score (nSPS) is 18.6. The van der Waals surface area contributed by atoms with Crippen molar-refractivity contribution < 1.29 is 4.92 Å². The molecule has 0 spiro atoms. The van der Waals surface area contributed by atoms with Gasteiger partial charge in [0.2, 0.25) is 6.20 Å². The highest BCUT2D eigenvalue weighted by molar-refractivity contribution is 8.25. The zero-order chi connectivity index (χ0) is 10.4. The molecule has 1 saturated carbocycles. The van der Waals surface area contributed by atoms with E-state index < -0.39 is 4.92 Å². The molecule has 0 unspecified atom stereocenters. The van der Waals surface area contributed by atoms with Crippen LogP contribution in [0.5, 0.6) is 0 Å². The second kappa shape index (κ2) is 6.14. The molecule has 3 nitrogen and oxygen atoms in total. The zero-order valence-corrected chi connectivity index (χ0v) is 9.48. The van der Waals surface area contributed by atoms with Crippen LogP contribution in [-0.4, -0.2) is 9.12 Å². The Morgan fingerprint density at radius 1 is 1.43 bits per heavy atom. The molecule has 0 aromatic heterocycles. The summed E-state index contributed by atoms with van der Waals surface area (Å²) < 4.78 is 0.905. The minimum Gasteiger partial charge on any atom is -0.259 e. The van der Waals surface area contributed by atoms with Crippen LogP contribution in [0.4, 0.5) is 0 Å². The summed E-state index contributed by atoms with van der Waals surface area (Å²) in [4.78, 5) is 9.56. The van der Waals surface area contributed by atoms with Gasteiger partial charge in [0.1, 0.15) is 0 Å². The predicted molar refractivity (Wildman–Crippen MR) is 62.9 cm³/mol. The average molecular weight is 231 g/mol. The molecule has 0 atom stereocenters. The van der Waals surface area contributed by atoms with Gasteiger partial charge in [-0.1, -0.05) is 43.2 Å². The molecule has 0 aliphatic heterocycles. The molecule has 14 heavy (non-hydrogen) atoms. The SMILES string of the molecule is O=[N+]([O-])/C=C\SC(=S)C1CCCCC1. The molecule has 0 heterocycles. The highest BCUT2D eigenvalue weighted by Gasteiger charge is 2.17. The summed E-state index contributed by atoms with van der Waals surface area (Å²) in [6.45, 7) is 0. The minimum absolute atomic E-state index is 0.462. The van der Waals surface area contributed by atoms with E-state index in [9.17, 15) is 10.1 Å². The van der Waals surface area contributed by atoms with Gasteiger partial charge in [0.05, 0.1) is 9.12 Å². The van der Waals surface area contributed by atoms with Crippen LogP contribution in [0.1, 0.15) is 32.1 Å². The van der Waals surface area contributed by atoms with Gasteiger partial charge in [-0.05, 0) is 12.8 Å². The summed E-state index contributed by atoms with van der Waals surface area (Å²) in [5, 5.41) is 11.5. The first-order valence-electron chi connectivity index (χ1n) is 4.71. The summed E-state index contributed by atoms with van der Waals surface area (Å²) in [6.07, 6.45) is 7.03. The monoisotopic (exact) mass is 231 g/mol. The molecule has 0 aromatic rings. The van der Waals surface area contributed by atoms with Gasteiger partial charge < -0.3 is 0 Å². The fourth-order valence-electron chi connectivity index (χ4n) is 1.58. The predicted octanol–water partition coefficient (Wildman–Crippen LogP) is 3.38. The first-order chi connectivity index (χ1) is 6.70. The molecule has 0 saturated heterocycles. The third kappa shape index (κ3) is 4.19. The first-order valence-corrected chi connectivity index (χ1v) is 5.99. The van der Waals surface area contributed by atoms with Gasteiger partial charge >= 0.3 is 0 Å². The Labute approximate surface area is 93.1 Å². The molecule has 1 aliphatic rings. The number of hydrogen-bond acceptors (Lipinski definition) is 4. The number of hydrogen-bond donors (Lipinski definition) is 0. The Morgan fingerprint density at radius 3 is 2.64 bits per heavy atom. The lowest BCUT2D eigenvalue weighted by atomic mass is 9.91. The van der Waals surface area contributed by atoms with Crippen LogP contribution in [0.25, 0.3) is 0 Å². The Kier molecular flexibility index (Phi) is 5.11. The topological polar surface area (TPSA) is 43.1 Å². The molecule has 0 radical (unpaired) electrons. The second-order valence-electron chi connectivity index (χ2n) is 3.34. The van der Waals surface area contributed by atoms with E-state index in [0.29, 0.717) is 5.92 Å². The van der Waals surface area contributed by atoms with Crippen LogP contribution in [0.15, 0.2) is 11.6 Å². The van der Waals surface area contributed by atoms with E-state index in [-0.39, 0.29) is 0 Å². The molecule has 0 bridgehead atoms. The highest BCUT2D eigenvalue weighted by Crippen LogP contribution is 2.29. The number of nitrogens with zero attached hydrogens (tertiary/aromatic N) is 1.